The number of fused-ring (bicyclic) bond motifs is 2. The lowest BCUT2D eigenvalue weighted by molar-refractivity contribution is 0.102. The molecule has 2 aromatic carbocycles. The molecule has 1 aliphatic heterocycles. The highest BCUT2D eigenvalue weighted by Gasteiger charge is 2.17. The summed E-state index contributed by atoms with van der Waals surface area (Å²) < 4.78 is 16.1. The lowest BCUT2D eigenvalue weighted by Crippen LogP contribution is -2.04. The molecule has 138 valence electrons. The van der Waals surface area contributed by atoms with Crippen molar-refractivity contribution >= 4 is 28.4 Å². The molecule has 3 aromatic rings. The zero-order chi connectivity index (χ0) is 18.8. The van der Waals surface area contributed by atoms with E-state index in [4.69, 9.17) is 19.2 Å². The van der Waals surface area contributed by atoms with Crippen LogP contribution in [-0.4, -0.2) is 30.4 Å². The molecule has 0 radical (unpaired) electrons. The number of nitrogens with zero attached hydrogens (tertiary/aromatic N) is 1. The zero-order valence-corrected chi connectivity index (χ0v) is 16.0. The summed E-state index contributed by atoms with van der Waals surface area (Å²) in [7, 11) is 1.59. The van der Waals surface area contributed by atoms with Gasteiger partial charge in [0.2, 0.25) is 6.79 Å². The summed E-state index contributed by atoms with van der Waals surface area (Å²) in [6.07, 6.45) is 0.840. The normalized spacial score (nSPS) is 12.4. The third-order valence-corrected chi connectivity index (χ3v) is 5.49. The van der Waals surface area contributed by atoms with Gasteiger partial charge < -0.3 is 14.2 Å². The smallest absolute Gasteiger partial charge is 0.231 e. The Kier molecular flexibility index (Phi) is 4.90. The summed E-state index contributed by atoms with van der Waals surface area (Å²) in [6.45, 7) is 2.33. The van der Waals surface area contributed by atoms with Crippen molar-refractivity contribution in [2.24, 2.45) is 0 Å². The molecule has 0 atom stereocenters. The average Bonchev–Trinajstić information content (AvgIpc) is 3.16. The summed E-state index contributed by atoms with van der Waals surface area (Å²) in [5.41, 5.74) is 2.60. The number of aryl methyl sites for hydroxylation is 1. The van der Waals surface area contributed by atoms with Crippen LogP contribution in [0.2, 0.25) is 0 Å². The van der Waals surface area contributed by atoms with E-state index in [1.807, 2.05) is 24.3 Å². The minimum Gasteiger partial charge on any atom is -0.497 e. The second-order valence-corrected chi connectivity index (χ2v) is 7.11. The zero-order valence-electron chi connectivity index (χ0n) is 15.2. The van der Waals surface area contributed by atoms with Crippen molar-refractivity contribution in [3.8, 4) is 17.2 Å². The van der Waals surface area contributed by atoms with Gasteiger partial charge in [0.05, 0.1) is 18.4 Å². The molecule has 0 N–H and O–H groups in total. The van der Waals surface area contributed by atoms with Crippen LogP contribution in [0.15, 0.2) is 47.5 Å². The number of benzene rings is 2. The minimum atomic E-state index is 0.0496. The van der Waals surface area contributed by atoms with Gasteiger partial charge >= 0.3 is 0 Å². The number of Topliss-reactive ketones (excluding diaryl/α,β-unsaturated/α-hetero) is 1. The average molecular weight is 381 g/mol. The van der Waals surface area contributed by atoms with Crippen LogP contribution in [0.5, 0.6) is 17.2 Å². The molecule has 0 fully saturated rings. The van der Waals surface area contributed by atoms with E-state index in [9.17, 15) is 4.79 Å². The number of hydrogen-bond acceptors (Lipinski definition) is 6. The molecule has 0 aliphatic carbocycles. The maximum absolute atomic E-state index is 12.6. The molecule has 5 nitrogen and oxygen atoms in total. The number of aromatic nitrogens is 1. The van der Waals surface area contributed by atoms with Crippen molar-refractivity contribution in [2.45, 2.75) is 18.4 Å². The number of hydrogen-bond donors (Lipinski definition) is 0. The SMILES string of the molecule is CCc1cc2cc3c(cc2nc1SCC(=O)c1cccc(OC)c1)OCO3. The van der Waals surface area contributed by atoms with Gasteiger partial charge in [0, 0.05) is 17.0 Å². The van der Waals surface area contributed by atoms with Gasteiger partial charge in [0.15, 0.2) is 17.3 Å². The Morgan fingerprint density at radius 1 is 1.19 bits per heavy atom. The van der Waals surface area contributed by atoms with Crippen LogP contribution >= 0.6 is 11.8 Å². The van der Waals surface area contributed by atoms with Gasteiger partial charge in [0.25, 0.3) is 0 Å². The number of carbonyl (C=O) groups excluding carboxylic acids is 1. The summed E-state index contributed by atoms with van der Waals surface area (Å²) in [4.78, 5) is 17.3. The fourth-order valence-electron chi connectivity index (χ4n) is 2.98. The van der Waals surface area contributed by atoms with Crippen molar-refractivity contribution in [3.63, 3.8) is 0 Å². The first-order valence-corrected chi connectivity index (χ1v) is 9.70. The van der Waals surface area contributed by atoms with E-state index >= 15 is 0 Å². The lowest BCUT2D eigenvalue weighted by Gasteiger charge is -2.10. The summed E-state index contributed by atoms with van der Waals surface area (Å²) in [5.74, 6) is 2.51. The van der Waals surface area contributed by atoms with E-state index in [1.165, 1.54) is 11.8 Å². The third-order valence-electron chi connectivity index (χ3n) is 4.46. The number of methoxy groups -OCH3 is 1. The first-order chi connectivity index (χ1) is 13.2. The number of ether oxygens (including phenoxy) is 3. The van der Waals surface area contributed by atoms with E-state index in [1.54, 1.807) is 19.2 Å². The topological polar surface area (TPSA) is 57.7 Å². The lowest BCUT2D eigenvalue weighted by atomic mass is 10.1. The van der Waals surface area contributed by atoms with Crippen molar-refractivity contribution in [1.82, 2.24) is 4.98 Å². The van der Waals surface area contributed by atoms with Crippen LogP contribution in [0, 0.1) is 0 Å². The minimum absolute atomic E-state index is 0.0496. The highest BCUT2D eigenvalue weighted by atomic mass is 32.2. The Labute approximate surface area is 161 Å². The predicted octanol–water partition coefficient (Wildman–Crippen LogP) is 4.51. The Hall–Kier alpha value is -2.73. The van der Waals surface area contributed by atoms with Gasteiger partial charge in [-0.2, -0.15) is 0 Å². The summed E-state index contributed by atoms with van der Waals surface area (Å²) in [6, 6.07) is 13.2. The molecule has 2 heterocycles. The quantitative estimate of drug-likeness (QED) is 0.463. The number of pyridine rings is 1. The maximum Gasteiger partial charge on any atom is 0.231 e. The molecular weight excluding hydrogens is 362 g/mol. The molecule has 0 spiro atoms. The molecule has 27 heavy (non-hydrogen) atoms. The van der Waals surface area contributed by atoms with Gasteiger partial charge in [-0.15, -0.1) is 0 Å². The fraction of sp³-hybridized carbons (Fsp3) is 0.238. The highest BCUT2D eigenvalue weighted by Crippen LogP contribution is 2.37. The van der Waals surface area contributed by atoms with E-state index in [0.717, 1.165) is 33.7 Å². The van der Waals surface area contributed by atoms with Crippen molar-refractivity contribution in [1.29, 1.82) is 0 Å². The number of carbonyl (C=O) groups is 1. The molecule has 0 saturated carbocycles. The first kappa shape index (κ1) is 17.7. The molecule has 0 unspecified atom stereocenters. The molecule has 0 amide bonds. The number of rotatable bonds is 6. The van der Waals surface area contributed by atoms with Crippen LogP contribution in [0.25, 0.3) is 10.9 Å². The van der Waals surface area contributed by atoms with Crippen molar-refractivity contribution in [3.05, 3.63) is 53.6 Å². The van der Waals surface area contributed by atoms with Crippen LogP contribution in [-0.2, 0) is 6.42 Å². The molecule has 6 heteroatoms. The van der Waals surface area contributed by atoms with Gasteiger partial charge in [-0.3, -0.25) is 4.79 Å². The monoisotopic (exact) mass is 381 g/mol. The van der Waals surface area contributed by atoms with Crippen LogP contribution in [0.1, 0.15) is 22.8 Å². The second kappa shape index (κ2) is 7.48. The summed E-state index contributed by atoms with van der Waals surface area (Å²) in [5, 5.41) is 1.89. The van der Waals surface area contributed by atoms with E-state index in [0.29, 0.717) is 22.8 Å². The molecule has 0 bridgehead atoms. The van der Waals surface area contributed by atoms with E-state index in [-0.39, 0.29) is 12.6 Å². The van der Waals surface area contributed by atoms with Crippen molar-refractivity contribution < 1.29 is 19.0 Å². The van der Waals surface area contributed by atoms with E-state index in [2.05, 4.69) is 13.0 Å². The number of ketones is 1. The predicted molar refractivity (Wildman–Crippen MR) is 105 cm³/mol. The maximum atomic E-state index is 12.6. The fourth-order valence-corrected chi connectivity index (χ4v) is 3.97. The van der Waals surface area contributed by atoms with Gasteiger partial charge in [-0.05, 0) is 36.2 Å². The van der Waals surface area contributed by atoms with Crippen LogP contribution in [0.4, 0.5) is 0 Å². The molecule has 0 saturated heterocycles. The second-order valence-electron chi connectivity index (χ2n) is 6.15. The molecule has 4 rings (SSSR count). The Balaban J connectivity index is 1.59. The van der Waals surface area contributed by atoms with Crippen LogP contribution < -0.4 is 14.2 Å². The Morgan fingerprint density at radius 2 is 2.00 bits per heavy atom. The first-order valence-electron chi connectivity index (χ1n) is 8.71. The van der Waals surface area contributed by atoms with E-state index < -0.39 is 0 Å². The van der Waals surface area contributed by atoms with Gasteiger partial charge in [-0.1, -0.05) is 30.8 Å². The molecule has 1 aromatic heterocycles. The largest absolute Gasteiger partial charge is 0.497 e. The Morgan fingerprint density at radius 3 is 2.78 bits per heavy atom. The van der Waals surface area contributed by atoms with Crippen LogP contribution in [0.3, 0.4) is 0 Å². The standard InChI is InChI=1S/C21H19NO4S/c1-3-13-7-15-9-19-20(26-12-25-19)10-17(15)22-21(13)27-11-18(23)14-5-4-6-16(8-14)24-2/h4-10H,3,11-12H2,1-2H3. The highest BCUT2D eigenvalue weighted by molar-refractivity contribution is 8.00. The van der Waals surface area contributed by atoms with Crippen molar-refractivity contribution in [2.75, 3.05) is 19.7 Å². The van der Waals surface area contributed by atoms with Gasteiger partial charge in [0.1, 0.15) is 10.8 Å². The summed E-state index contributed by atoms with van der Waals surface area (Å²) >= 11 is 1.46. The number of thioether (sulfide) groups is 1. The molecule has 1 aliphatic rings. The van der Waals surface area contributed by atoms with Gasteiger partial charge in [-0.25, -0.2) is 4.98 Å². The molecular formula is C21H19NO4S. The Bertz CT molecular complexity index is 1020. The third kappa shape index (κ3) is 3.57.